The summed E-state index contributed by atoms with van der Waals surface area (Å²) in [5.41, 5.74) is 6.78. The quantitative estimate of drug-likeness (QED) is 0.870. The van der Waals surface area contributed by atoms with E-state index in [1.165, 1.54) is 0 Å². The molecule has 0 saturated carbocycles. The lowest BCUT2D eigenvalue weighted by molar-refractivity contribution is 0.0651. The molecule has 2 rings (SSSR count). The molecule has 0 radical (unpaired) electrons. The summed E-state index contributed by atoms with van der Waals surface area (Å²) < 4.78 is 2.03. The largest absolute Gasteiger partial charge is 0.341 e. The molecule has 1 aromatic rings. The van der Waals surface area contributed by atoms with Crippen molar-refractivity contribution in [3.63, 3.8) is 0 Å². The third kappa shape index (κ3) is 2.43. The van der Waals surface area contributed by atoms with E-state index in [2.05, 4.69) is 20.8 Å². The zero-order chi connectivity index (χ0) is 13.3. The fourth-order valence-electron chi connectivity index (χ4n) is 2.54. The molecule has 0 spiro atoms. The number of carbonyl (C=O) groups is 1. The first kappa shape index (κ1) is 13.1. The van der Waals surface area contributed by atoms with E-state index in [1.54, 1.807) is 0 Å². The van der Waals surface area contributed by atoms with Gasteiger partial charge >= 0.3 is 0 Å². The van der Waals surface area contributed by atoms with Gasteiger partial charge in [-0.25, -0.2) is 0 Å². The molecule has 1 aliphatic heterocycles. The van der Waals surface area contributed by atoms with Crippen LogP contribution in [0.3, 0.4) is 0 Å². The van der Waals surface area contributed by atoms with Crippen molar-refractivity contribution in [1.29, 1.82) is 0 Å². The van der Waals surface area contributed by atoms with Crippen molar-refractivity contribution >= 4 is 5.91 Å². The Morgan fingerprint density at radius 1 is 1.50 bits per heavy atom. The molecule has 1 amide bonds. The summed E-state index contributed by atoms with van der Waals surface area (Å²) in [5.74, 6) is 0.512. The van der Waals surface area contributed by atoms with Crippen molar-refractivity contribution in [1.82, 2.24) is 9.47 Å². The van der Waals surface area contributed by atoms with Crippen molar-refractivity contribution in [2.45, 2.75) is 39.3 Å². The number of amides is 1. The Hall–Kier alpha value is -1.29. The first-order valence-electron chi connectivity index (χ1n) is 6.72. The highest BCUT2D eigenvalue weighted by atomic mass is 16.2. The van der Waals surface area contributed by atoms with Crippen LogP contribution in [0.25, 0.3) is 0 Å². The van der Waals surface area contributed by atoms with E-state index in [-0.39, 0.29) is 11.9 Å². The number of likely N-dealkylation sites (tertiary alicyclic amines) is 1. The molecule has 0 aromatic carbocycles. The van der Waals surface area contributed by atoms with Crippen LogP contribution in [0.4, 0.5) is 0 Å². The SMILES string of the molecule is CC1CN(C(=O)c2cccn2C(C)C)CCC1N. The molecule has 18 heavy (non-hydrogen) atoms. The summed E-state index contributed by atoms with van der Waals surface area (Å²) >= 11 is 0. The minimum atomic E-state index is 0.132. The van der Waals surface area contributed by atoms with E-state index in [0.717, 1.165) is 25.2 Å². The van der Waals surface area contributed by atoms with Crippen molar-refractivity contribution in [2.75, 3.05) is 13.1 Å². The third-order valence-corrected chi connectivity index (χ3v) is 3.81. The zero-order valence-electron chi connectivity index (χ0n) is 11.5. The van der Waals surface area contributed by atoms with E-state index < -0.39 is 0 Å². The predicted molar refractivity (Wildman–Crippen MR) is 72.5 cm³/mol. The highest BCUT2D eigenvalue weighted by Crippen LogP contribution is 2.19. The van der Waals surface area contributed by atoms with Crippen LogP contribution >= 0.6 is 0 Å². The van der Waals surface area contributed by atoms with Gasteiger partial charge < -0.3 is 15.2 Å². The molecular weight excluding hydrogens is 226 g/mol. The molecule has 4 nitrogen and oxygen atoms in total. The van der Waals surface area contributed by atoms with E-state index in [0.29, 0.717) is 12.0 Å². The van der Waals surface area contributed by atoms with Crippen LogP contribution < -0.4 is 5.73 Å². The van der Waals surface area contributed by atoms with Crippen LogP contribution in [0.5, 0.6) is 0 Å². The lowest BCUT2D eigenvalue weighted by Crippen LogP contribution is -2.48. The summed E-state index contributed by atoms with van der Waals surface area (Å²) in [4.78, 5) is 14.4. The summed E-state index contributed by atoms with van der Waals surface area (Å²) in [6, 6.07) is 4.38. The fraction of sp³-hybridized carbons (Fsp3) is 0.643. The molecule has 1 aromatic heterocycles. The van der Waals surface area contributed by atoms with Gasteiger partial charge in [0.15, 0.2) is 0 Å². The highest BCUT2D eigenvalue weighted by molar-refractivity contribution is 5.93. The van der Waals surface area contributed by atoms with Gasteiger partial charge in [-0.1, -0.05) is 6.92 Å². The standard InChI is InChI=1S/C14H23N3O/c1-10(2)17-7-4-5-13(17)14(18)16-8-6-12(15)11(3)9-16/h4-5,7,10-12H,6,8-9,15H2,1-3H3. The maximum absolute atomic E-state index is 12.5. The van der Waals surface area contributed by atoms with E-state index in [1.807, 2.05) is 27.8 Å². The average molecular weight is 249 g/mol. The van der Waals surface area contributed by atoms with Gasteiger partial charge in [0.05, 0.1) is 0 Å². The Labute approximate surface area is 109 Å². The minimum Gasteiger partial charge on any atom is -0.341 e. The molecule has 1 saturated heterocycles. The molecule has 100 valence electrons. The van der Waals surface area contributed by atoms with Gasteiger partial charge in [-0.2, -0.15) is 0 Å². The topological polar surface area (TPSA) is 51.3 Å². The van der Waals surface area contributed by atoms with Gasteiger partial charge in [0.1, 0.15) is 5.69 Å². The molecule has 2 unspecified atom stereocenters. The van der Waals surface area contributed by atoms with Gasteiger partial charge in [0.25, 0.3) is 5.91 Å². The van der Waals surface area contributed by atoms with Gasteiger partial charge in [-0.3, -0.25) is 4.79 Å². The molecule has 0 bridgehead atoms. The highest BCUT2D eigenvalue weighted by Gasteiger charge is 2.28. The second-order valence-corrected chi connectivity index (χ2v) is 5.58. The Balaban J connectivity index is 2.14. The molecule has 0 aliphatic carbocycles. The summed E-state index contributed by atoms with van der Waals surface area (Å²) in [6.07, 6.45) is 2.87. The van der Waals surface area contributed by atoms with E-state index in [4.69, 9.17) is 5.73 Å². The van der Waals surface area contributed by atoms with E-state index in [9.17, 15) is 4.79 Å². The molecule has 4 heteroatoms. The van der Waals surface area contributed by atoms with Crippen LogP contribution in [0, 0.1) is 5.92 Å². The second kappa shape index (κ2) is 5.14. The number of rotatable bonds is 2. The number of nitrogens with zero attached hydrogens (tertiary/aromatic N) is 2. The Bertz CT molecular complexity index is 424. The number of hydrogen-bond acceptors (Lipinski definition) is 2. The molecule has 1 aliphatic rings. The average Bonchev–Trinajstić information content (AvgIpc) is 2.81. The lowest BCUT2D eigenvalue weighted by atomic mass is 9.94. The maximum Gasteiger partial charge on any atom is 0.270 e. The fourth-order valence-corrected chi connectivity index (χ4v) is 2.54. The summed E-state index contributed by atoms with van der Waals surface area (Å²) in [6.45, 7) is 7.83. The normalized spacial score (nSPS) is 24.6. The van der Waals surface area contributed by atoms with Gasteiger partial charge in [0.2, 0.25) is 0 Å². The van der Waals surface area contributed by atoms with Crippen molar-refractivity contribution < 1.29 is 4.79 Å². The number of piperidine rings is 1. The number of nitrogens with two attached hydrogens (primary N) is 1. The molecule has 2 atom stereocenters. The number of carbonyl (C=O) groups excluding carboxylic acids is 1. The monoisotopic (exact) mass is 249 g/mol. The van der Waals surface area contributed by atoms with Crippen molar-refractivity contribution in [3.8, 4) is 0 Å². The van der Waals surface area contributed by atoms with Crippen molar-refractivity contribution in [3.05, 3.63) is 24.0 Å². The van der Waals surface area contributed by atoms with Crippen LogP contribution in [0.1, 0.15) is 43.7 Å². The third-order valence-electron chi connectivity index (χ3n) is 3.81. The second-order valence-electron chi connectivity index (χ2n) is 5.58. The molecule has 2 heterocycles. The van der Waals surface area contributed by atoms with Crippen LogP contribution in [-0.2, 0) is 0 Å². The Morgan fingerprint density at radius 2 is 2.22 bits per heavy atom. The lowest BCUT2D eigenvalue weighted by Gasteiger charge is -2.35. The van der Waals surface area contributed by atoms with Crippen molar-refractivity contribution in [2.24, 2.45) is 11.7 Å². The predicted octanol–water partition coefficient (Wildman–Crippen LogP) is 1.88. The van der Waals surface area contributed by atoms with Crippen LogP contribution in [-0.4, -0.2) is 34.5 Å². The maximum atomic E-state index is 12.5. The van der Waals surface area contributed by atoms with E-state index >= 15 is 0 Å². The minimum absolute atomic E-state index is 0.132. The van der Waals surface area contributed by atoms with Crippen LogP contribution in [0.15, 0.2) is 18.3 Å². The smallest absolute Gasteiger partial charge is 0.270 e. The molecular formula is C14H23N3O. The van der Waals surface area contributed by atoms with Gasteiger partial charge in [-0.15, -0.1) is 0 Å². The first-order valence-corrected chi connectivity index (χ1v) is 6.72. The number of hydrogen-bond donors (Lipinski definition) is 1. The number of aromatic nitrogens is 1. The summed E-state index contributed by atoms with van der Waals surface area (Å²) in [7, 11) is 0. The van der Waals surface area contributed by atoms with Crippen LogP contribution in [0.2, 0.25) is 0 Å². The van der Waals surface area contributed by atoms with Gasteiger partial charge in [0, 0.05) is 31.4 Å². The Morgan fingerprint density at radius 3 is 2.83 bits per heavy atom. The molecule has 1 fully saturated rings. The zero-order valence-corrected chi connectivity index (χ0v) is 11.5. The molecule has 2 N–H and O–H groups in total. The Kier molecular flexibility index (Phi) is 3.76. The first-order chi connectivity index (χ1) is 8.50. The van der Waals surface area contributed by atoms with Gasteiger partial charge in [-0.05, 0) is 38.3 Å². The summed E-state index contributed by atoms with van der Waals surface area (Å²) in [5, 5.41) is 0.